The van der Waals surface area contributed by atoms with Crippen LogP contribution in [-0.4, -0.2) is 34.5 Å². The zero-order valence-electron chi connectivity index (χ0n) is 21.8. The van der Waals surface area contributed by atoms with Gasteiger partial charge in [-0.3, -0.25) is 9.48 Å². The number of pyridine rings is 1. The summed E-state index contributed by atoms with van der Waals surface area (Å²) in [5, 5.41) is 8.74. The van der Waals surface area contributed by atoms with Crippen molar-refractivity contribution in [1.82, 2.24) is 34.5 Å². The molecule has 0 aliphatic rings. The van der Waals surface area contributed by atoms with Crippen LogP contribution in [0.2, 0.25) is 0 Å². The standard InChI is InChI=1S/C29H25F2N7O/c1-29(2,3)20-9-18-12-34-38(28(39)24(18)23(31)11-20)15-17-6-5-16(10-22(17)30)21-7-8-32-27-25(21)35-26(36-27)19-13-33-37(4)14-19/h5-14H,15H2,1-4H3,(H,32,35,36). The molecule has 6 aromatic rings. The first-order chi connectivity index (χ1) is 18.6. The van der Waals surface area contributed by atoms with Crippen molar-refractivity contribution in [2.45, 2.75) is 32.7 Å². The zero-order chi connectivity index (χ0) is 27.5. The van der Waals surface area contributed by atoms with Crippen LogP contribution in [0.3, 0.4) is 0 Å². The molecule has 196 valence electrons. The molecule has 0 fully saturated rings. The number of imidazole rings is 1. The molecule has 2 aromatic carbocycles. The van der Waals surface area contributed by atoms with Crippen LogP contribution in [0.5, 0.6) is 0 Å². The molecule has 0 saturated heterocycles. The molecule has 8 nitrogen and oxygen atoms in total. The Hall–Kier alpha value is -4.73. The van der Waals surface area contributed by atoms with E-state index in [1.807, 2.05) is 34.0 Å². The van der Waals surface area contributed by atoms with E-state index in [1.54, 1.807) is 41.3 Å². The summed E-state index contributed by atoms with van der Waals surface area (Å²) in [6, 6.07) is 9.71. The van der Waals surface area contributed by atoms with E-state index in [0.717, 1.165) is 21.4 Å². The number of rotatable bonds is 4. The Morgan fingerprint density at radius 3 is 2.51 bits per heavy atom. The molecule has 0 atom stereocenters. The SMILES string of the molecule is Cn1cc(-c2nc3nccc(-c4ccc(Cn5ncc6cc(C(C)(C)C)cc(F)c6c5=O)c(F)c4)c3[nH]2)cn1. The second-order valence-electron chi connectivity index (χ2n) is 10.6. The number of hydrogen-bond donors (Lipinski definition) is 1. The maximum absolute atomic E-state index is 15.3. The third-order valence-corrected chi connectivity index (χ3v) is 6.83. The summed E-state index contributed by atoms with van der Waals surface area (Å²) in [5.41, 5.74) is 3.45. The quantitative estimate of drug-likeness (QED) is 0.334. The van der Waals surface area contributed by atoms with Crippen molar-refractivity contribution in [2.75, 3.05) is 0 Å². The lowest BCUT2D eigenvalue weighted by atomic mass is 9.86. The number of H-pyrrole nitrogens is 1. The highest BCUT2D eigenvalue weighted by Gasteiger charge is 2.19. The number of aromatic nitrogens is 7. The molecule has 10 heteroatoms. The molecule has 1 N–H and O–H groups in total. The maximum Gasteiger partial charge on any atom is 0.277 e. The second kappa shape index (κ2) is 8.93. The molecule has 39 heavy (non-hydrogen) atoms. The lowest BCUT2D eigenvalue weighted by Gasteiger charge is -2.19. The summed E-state index contributed by atoms with van der Waals surface area (Å²) in [6.07, 6.45) is 6.61. The van der Waals surface area contributed by atoms with E-state index in [0.29, 0.717) is 27.9 Å². The lowest BCUT2D eigenvalue weighted by molar-refractivity contribution is 0.567. The molecular formula is C29H25F2N7O. The minimum atomic E-state index is -0.610. The summed E-state index contributed by atoms with van der Waals surface area (Å²) in [4.78, 5) is 25.2. The van der Waals surface area contributed by atoms with Gasteiger partial charge in [-0.25, -0.2) is 23.4 Å². The average molecular weight is 526 g/mol. The lowest BCUT2D eigenvalue weighted by Crippen LogP contribution is -2.25. The van der Waals surface area contributed by atoms with Crippen molar-refractivity contribution in [3.05, 3.63) is 94.3 Å². The Kier molecular flexibility index (Phi) is 5.64. The molecule has 0 spiro atoms. The molecule has 4 heterocycles. The van der Waals surface area contributed by atoms with Gasteiger partial charge in [0.15, 0.2) is 5.65 Å². The van der Waals surface area contributed by atoms with Crippen LogP contribution >= 0.6 is 0 Å². The van der Waals surface area contributed by atoms with Gasteiger partial charge in [-0.1, -0.05) is 32.9 Å². The van der Waals surface area contributed by atoms with E-state index in [4.69, 9.17) is 0 Å². The molecule has 0 unspecified atom stereocenters. The van der Waals surface area contributed by atoms with Crippen LogP contribution in [0, 0.1) is 11.6 Å². The fourth-order valence-electron chi connectivity index (χ4n) is 4.65. The van der Waals surface area contributed by atoms with E-state index in [1.165, 1.54) is 18.3 Å². The molecule has 0 bridgehead atoms. The van der Waals surface area contributed by atoms with E-state index < -0.39 is 17.2 Å². The van der Waals surface area contributed by atoms with Crippen LogP contribution in [0.4, 0.5) is 8.78 Å². The highest BCUT2D eigenvalue weighted by molar-refractivity contribution is 5.91. The predicted octanol–water partition coefficient (Wildman–Crippen LogP) is 5.36. The van der Waals surface area contributed by atoms with E-state index >= 15 is 4.39 Å². The number of benzene rings is 2. The average Bonchev–Trinajstić information content (AvgIpc) is 3.52. The van der Waals surface area contributed by atoms with Gasteiger partial charge in [-0.15, -0.1) is 0 Å². The Balaban J connectivity index is 1.35. The molecule has 6 rings (SSSR count). The minimum Gasteiger partial charge on any atom is -0.336 e. The fraction of sp³-hybridized carbons (Fsp3) is 0.207. The van der Waals surface area contributed by atoms with Gasteiger partial charge in [0.1, 0.15) is 17.5 Å². The first kappa shape index (κ1) is 24.6. The highest BCUT2D eigenvalue weighted by atomic mass is 19.1. The molecule has 0 aliphatic carbocycles. The van der Waals surface area contributed by atoms with Crippen LogP contribution < -0.4 is 5.56 Å². The Morgan fingerprint density at radius 1 is 0.974 bits per heavy atom. The number of aromatic amines is 1. The van der Waals surface area contributed by atoms with Crippen LogP contribution in [-0.2, 0) is 19.0 Å². The summed E-state index contributed by atoms with van der Waals surface area (Å²) in [7, 11) is 1.82. The summed E-state index contributed by atoms with van der Waals surface area (Å²) in [6.45, 7) is 5.77. The topological polar surface area (TPSA) is 94.3 Å². The Labute approximate surface area is 222 Å². The normalized spacial score (nSPS) is 12.1. The zero-order valence-corrected chi connectivity index (χ0v) is 21.8. The van der Waals surface area contributed by atoms with E-state index in [9.17, 15) is 9.18 Å². The number of fused-ring (bicyclic) bond motifs is 2. The monoisotopic (exact) mass is 525 g/mol. The molecule has 0 radical (unpaired) electrons. The van der Waals surface area contributed by atoms with Crippen molar-refractivity contribution in [3.63, 3.8) is 0 Å². The molecule has 0 aliphatic heterocycles. The number of hydrogen-bond acceptors (Lipinski definition) is 5. The minimum absolute atomic E-state index is 0.0575. The molecule has 0 saturated carbocycles. The van der Waals surface area contributed by atoms with Crippen molar-refractivity contribution < 1.29 is 8.78 Å². The number of halogens is 2. The summed E-state index contributed by atoms with van der Waals surface area (Å²) >= 11 is 0. The van der Waals surface area contributed by atoms with Crippen molar-refractivity contribution in [3.8, 4) is 22.5 Å². The van der Waals surface area contributed by atoms with Gasteiger partial charge in [0, 0.05) is 36.0 Å². The number of aryl methyl sites for hydroxylation is 1. The van der Waals surface area contributed by atoms with Gasteiger partial charge in [-0.05, 0) is 40.8 Å². The molecule has 0 amide bonds. The van der Waals surface area contributed by atoms with Crippen LogP contribution in [0.25, 0.3) is 44.5 Å². The van der Waals surface area contributed by atoms with Gasteiger partial charge in [0.05, 0.1) is 35.4 Å². The third kappa shape index (κ3) is 4.37. The van der Waals surface area contributed by atoms with Gasteiger partial charge in [0.25, 0.3) is 5.56 Å². The third-order valence-electron chi connectivity index (χ3n) is 6.83. The van der Waals surface area contributed by atoms with Crippen molar-refractivity contribution in [2.24, 2.45) is 7.05 Å². The van der Waals surface area contributed by atoms with Gasteiger partial charge in [-0.2, -0.15) is 10.2 Å². The number of nitrogens with one attached hydrogen (secondary N) is 1. The second-order valence-corrected chi connectivity index (χ2v) is 10.6. The first-order valence-electron chi connectivity index (χ1n) is 12.4. The number of nitrogens with zero attached hydrogens (tertiary/aromatic N) is 6. The van der Waals surface area contributed by atoms with Crippen molar-refractivity contribution >= 4 is 21.9 Å². The van der Waals surface area contributed by atoms with Crippen LogP contribution in [0.15, 0.2) is 66.0 Å². The Morgan fingerprint density at radius 2 is 1.79 bits per heavy atom. The Bertz CT molecular complexity index is 1950. The molecule has 4 aromatic heterocycles. The van der Waals surface area contributed by atoms with E-state index in [-0.39, 0.29) is 22.9 Å². The fourth-order valence-corrected chi connectivity index (χ4v) is 4.65. The maximum atomic E-state index is 15.3. The largest absolute Gasteiger partial charge is 0.336 e. The first-order valence-corrected chi connectivity index (χ1v) is 12.4. The van der Waals surface area contributed by atoms with Gasteiger partial charge < -0.3 is 4.98 Å². The van der Waals surface area contributed by atoms with Crippen LogP contribution in [0.1, 0.15) is 31.9 Å². The molecular weight excluding hydrogens is 500 g/mol. The highest BCUT2D eigenvalue weighted by Crippen LogP contribution is 2.30. The van der Waals surface area contributed by atoms with Gasteiger partial charge in [0.2, 0.25) is 0 Å². The van der Waals surface area contributed by atoms with Crippen molar-refractivity contribution in [1.29, 1.82) is 0 Å². The predicted molar refractivity (Wildman–Crippen MR) is 145 cm³/mol. The summed E-state index contributed by atoms with van der Waals surface area (Å²) in [5.74, 6) is -0.512. The smallest absolute Gasteiger partial charge is 0.277 e. The van der Waals surface area contributed by atoms with Gasteiger partial charge >= 0.3 is 0 Å². The summed E-state index contributed by atoms with van der Waals surface area (Å²) < 4.78 is 33.1. The van der Waals surface area contributed by atoms with E-state index in [2.05, 4.69) is 25.1 Å².